The fourth-order valence-electron chi connectivity index (χ4n) is 1.75. The van der Waals surface area contributed by atoms with E-state index >= 15 is 0 Å². The monoisotopic (exact) mass is 230 g/mol. The molecule has 16 heavy (non-hydrogen) atoms. The second-order valence-electron chi connectivity index (χ2n) is 3.77. The molecule has 0 aliphatic rings. The van der Waals surface area contributed by atoms with Gasteiger partial charge in [0.15, 0.2) is 0 Å². The summed E-state index contributed by atoms with van der Waals surface area (Å²) in [5, 5.41) is 9.49. The Kier molecular flexibility index (Phi) is 3.52. The van der Waals surface area contributed by atoms with Gasteiger partial charge >= 0.3 is 0 Å². The lowest BCUT2D eigenvalue weighted by molar-refractivity contribution is 0.474. The van der Waals surface area contributed by atoms with Crippen LogP contribution in [0.3, 0.4) is 0 Å². The molecule has 0 aromatic heterocycles. The second-order valence-corrected chi connectivity index (χ2v) is 4.09. The summed E-state index contributed by atoms with van der Waals surface area (Å²) >= 11 is 4.30. The molecule has 1 nitrogen and oxygen atoms in total. The fourth-order valence-corrected chi connectivity index (χ4v) is 2.06. The Bertz CT molecular complexity index is 465. The summed E-state index contributed by atoms with van der Waals surface area (Å²) < 4.78 is 0. The van der Waals surface area contributed by atoms with Crippen molar-refractivity contribution in [2.45, 2.75) is 12.2 Å². The maximum Gasteiger partial charge on any atom is 0.115 e. The van der Waals surface area contributed by atoms with Gasteiger partial charge in [-0.3, -0.25) is 0 Å². The summed E-state index contributed by atoms with van der Waals surface area (Å²) in [5.74, 6) is 1.01. The van der Waals surface area contributed by atoms with Crippen LogP contribution in [-0.2, 0) is 12.2 Å². The predicted octanol–water partition coefficient (Wildman–Crippen LogP) is 3.41. The van der Waals surface area contributed by atoms with Crippen LogP contribution in [0.5, 0.6) is 5.75 Å². The number of benzene rings is 2. The van der Waals surface area contributed by atoms with E-state index in [2.05, 4.69) is 24.8 Å². The Hall–Kier alpha value is -1.41. The smallest absolute Gasteiger partial charge is 0.115 e. The number of hydrogen-bond donors (Lipinski definition) is 2. The molecular formula is C14H14OS. The van der Waals surface area contributed by atoms with Crippen LogP contribution in [0.2, 0.25) is 0 Å². The van der Waals surface area contributed by atoms with Crippen LogP contribution in [0, 0.1) is 0 Å². The molecule has 0 aliphatic heterocycles. The molecule has 0 unspecified atom stereocenters. The van der Waals surface area contributed by atoms with Gasteiger partial charge in [-0.05, 0) is 35.2 Å². The Labute approximate surface area is 101 Å². The first-order chi connectivity index (χ1) is 7.79. The van der Waals surface area contributed by atoms with Gasteiger partial charge in [0.05, 0.1) is 0 Å². The number of phenolic OH excluding ortho intramolecular Hbond substituents is 1. The topological polar surface area (TPSA) is 20.2 Å². The van der Waals surface area contributed by atoms with Gasteiger partial charge in [0.2, 0.25) is 0 Å². The Balaban J connectivity index is 2.30. The van der Waals surface area contributed by atoms with Gasteiger partial charge in [-0.1, -0.05) is 36.4 Å². The third-order valence-electron chi connectivity index (χ3n) is 2.60. The minimum atomic E-state index is 0.316. The minimum Gasteiger partial charge on any atom is -0.508 e. The average molecular weight is 230 g/mol. The Morgan fingerprint density at radius 3 is 2.38 bits per heavy atom. The number of aromatic hydroxyl groups is 1. The van der Waals surface area contributed by atoms with E-state index in [0.29, 0.717) is 11.5 Å². The largest absolute Gasteiger partial charge is 0.508 e. The van der Waals surface area contributed by atoms with Crippen molar-refractivity contribution in [2.24, 2.45) is 0 Å². The van der Waals surface area contributed by atoms with Crippen molar-refractivity contribution in [3.63, 3.8) is 0 Å². The van der Waals surface area contributed by atoms with E-state index in [1.54, 1.807) is 6.07 Å². The molecule has 0 amide bonds. The SMILES string of the molecule is Oc1ccc(CS)c(Cc2ccccc2)c1. The van der Waals surface area contributed by atoms with Crippen molar-refractivity contribution in [2.75, 3.05) is 0 Å². The highest BCUT2D eigenvalue weighted by Gasteiger charge is 2.03. The average Bonchev–Trinajstić information content (AvgIpc) is 2.31. The normalized spacial score (nSPS) is 10.3. The lowest BCUT2D eigenvalue weighted by atomic mass is 10.0. The molecule has 2 aromatic carbocycles. The van der Waals surface area contributed by atoms with Gasteiger partial charge in [-0.25, -0.2) is 0 Å². The van der Waals surface area contributed by atoms with E-state index < -0.39 is 0 Å². The van der Waals surface area contributed by atoms with Crippen molar-refractivity contribution < 1.29 is 5.11 Å². The van der Waals surface area contributed by atoms with Crippen LogP contribution in [0.4, 0.5) is 0 Å². The zero-order chi connectivity index (χ0) is 11.4. The Morgan fingerprint density at radius 2 is 1.69 bits per heavy atom. The number of rotatable bonds is 3. The first kappa shape index (κ1) is 11.1. The molecular weight excluding hydrogens is 216 g/mol. The molecule has 0 heterocycles. The maximum absolute atomic E-state index is 9.49. The lowest BCUT2D eigenvalue weighted by Gasteiger charge is -2.08. The van der Waals surface area contributed by atoms with E-state index in [9.17, 15) is 5.11 Å². The standard InChI is InChI=1S/C14H14OS/c15-14-7-6-12(10-16)13(9-14)8-11-4-2-1-3-5-11/h1-7,9,15-16H,8,10H2. The maximum atomic E-state index is 9.49. The molecule has 0 aliphatic carbocycles. The first-order valence-electron chi connectivity index (χ1n) is 5.25. The summed E-state index contributed by atoms with van der Waals surface area (Å²) in [6, 6.07) is 15.7. The van der Waals surface area contributed by atoms with Crippen molar-refractivity contribution in [3.8, 4) is 5.75 Å². The van der Waals surface area contributed by atoms with Gasteiger partial charge < -0.3 is 5.11 Å². The summed E-state index contributed by atoms with van der Waals surface area (Å²) in [7, 11) is 0. The fraction of sp³-hybridized carbons (Fsp3) is 0.143. The van der Waals surface area contributed by atoms with Crippen molar-refractivity contribution >= 4 is 12.6 Å². The van der Waals surface area contributed by atoms with E-state index in [4.69, 9.17) is 0 Å². The van der Waals surface area contributed by atoms with E-state index in [1.807, 2.05) is 30.3 Å². The zero-order valence-electron chi connectivity index (χ0n) is 8.93. The molecule has 2 rings (SSSR count). The van der Waals surface area contributed by atoms with Crippen molar-refractivity contribution in [3.05, 3.63) is 65.2 Å². The molecule has 2 heteroatoms. The van der Waals surface area contributed by atoms with Crippen LogP contribution < -0.4 is 0 Å². The highest BCUT2D eigenvalue weighted by molar-refractivity contribution is 7.79. The van der Waals surface area contributed by atoms with Crippen LogP contribution >= 0.6 is 12.6 Å². The second kappa shape index (κ2) is 5.08. The van der Waals surface area contributed by atoms with Gasteiger partial charge in [0, 0.05) is 5.75 Å². The number of hydrogen-bond acceptors (Lipinski definition) is 2. The molecule has 0 saturated carbocycles. The van der Waals surface area contributed by atoms with Crippen LogP contribution in [0.1, 0.15) is 16.7 Å². The first-order valence-corrected chi connectivity index (χ1v) is 5.88. The molecule has 0 spiro atoms. The minimum absolute atomic E-state index is 0.316. The molecule has 2 aromatic rings. The molecule has 0 fully saturated rings. The lowest BCUT2D eigenvalue weighted by Crippen LogP contribution is -1.93. The third-order valence-corrected chi connectivity index (χ3v) is 2.94. The highest BCUT2D eigenvalue weighted by atomic mass is 32.1. The summed E-state index contributed by atoms with van der Waals surface area (Å²) in [6.45, 7) is 0. The molecule has 0 atom stereocenters. The molecule has 82 valence electrons. The van der Waals surface area contributed by atoms with Crippen LogP contribution in [-0.4, -0.2) is 5.11 Å². The quantitative estimate of drug-likeness (QED) is 0.774. The molecule has 0 saturated heterocycles. The van der Waals surface area contributed by atoms with Crippen molar-refractivity contribution in [1.82, 2.24) is 0 Å². The van der Waals surface area contributed by atoms with E-state index in [0.717, 1.165) is 12.0 Å². The summed E-state index contributed by atoms with van der Waals surface area (Å²) in [4.78, 5) is 0. The van der Waals surface area contributed by atoms with Gasteiger partial charge in [-0.15, -0.1) is 0 Å². The van der Waals surface area contributed by atoms with Gasteiger partial charge in [0.1, 0.15) is 5.75 Å². The van der Waals surface area contributed by atoms with Crippen LogP contribution in [0.15, 0.2) is 48.5 Å². The van der Waals surface area contributed by atoms with Gasteiger partial charge in [0.25, 0.3) is 0 Å². The van der Waals surface area contributed by atoms with Gasteiger partial charge in [-0.2, -0.15) is 12.6 Å². The number of phenols is 1. The summed E-state index contributed by atoms with van der Waals surface area (Å²) in [5.41, 5.74) is 3.56. The molecule has 1 N–H and O–H groups in total. The predicted molar refractivity (Wildman–Crippen MR) is 70.0 cm³/mol. The molecule has 0 radical (unpaired) electrons. The summed E-state index contributed by atoms with van der Waals surface area (Å²) in [6.07, 6.45) is 0.838. The van der Waals surface area contributed by atoms with E-state index in [-0.39, 0.29) is 0 Å². The Morgan fingerprint density at radius 1 is 0.938 bits per heavy atom. The van der Waals surface area contributed by atoms with E-state index in [1.165, 1.54) is 11.1 Å². The van der Waals surface area contributed by atoms with Crippen molar-refractivity contribution in [1.29, 1.82) is 0 Å². The molecule has 0 bridgehead atoms. The highest BCUT2D eigenvalue weighted by Crippen LogP contribution is 2.21. The third kappa shape index (κ3) is 2.58. The number of thiol groups is 1. The van der Waals surface area contributed by atoms with Crippen LogP contribution in [0.25, 0.3) is 0 Å². The zero-order valence-corrected chi connectivity index (χ0v) is 9.82.